The first-order valence-electron chi connectivity index (χ1n) is 46.5. The number of hydrogen-bond donors (Lipinski definition) is 9. The van der Waals surface area contributed by atoms with Crippen molar-refractivity contribution in [2.75, 3.05) is 19.8 Å². The molecule has 12 atom stereocenters. The molecule has 14 nitrogen and oxygen atoms in total. The van der Waals surface area contributed by atoms with Crippen molar-refractivity contribution in [2.24, 2.45) is 0 Å². The van der Waals surface area contributed by atoms with Crippen molar-refractivity contribution in [3.05, 3.63) is 60.8 Å². The topological polar surface area (TPSA) is 228 Å². The molecule has 0 saturated carbocycles. The average molecular weight is 1530 g/mol. The van der Waals surface area contributed by atoms with Crippen LogP contribution in [0.2, 0.25) is 0 Å². The SMILES string of the molecule is CCCCCCC/C=C\C/C=C\C/C=C\CCCCCCCCCCCCCCCCCCCCCCCCCCCCC(=O)NC(COC1OC(CO)C(OC2OC(CO)C(O)C(O)C2O)C(O)C1O)C(O)/C=C/CC/C=C/CCCCCCCCCCCCCCCCCCCCCCCCCCCCC. The highest BCUT2D eigenvalue weighted by molar-refractivity contribution is 5.76. The Morgan fingerprint density at radius 1 is 0.333 bits per heavy atom. The van der Waals surface area contributed by atoms with Crippen molar-refractivity contribution in [2.45, 2.75) is 511 Å². The molecule has 2 saturated heterocycles. The van der Waals surface area contributed by atoms with Crippen molar-refractivity contribution in [3.63, 3.8) is 0 Å². The predicted octanol–water partition coefficient (Wildman–Crippen LogP) is 23.0. The summed E-state index contributed by atoms with van der Waals surface area (Å²) in [5, 5.41) is 87.9. The summed E-state index contributed by atoms with van der Waals surface area (Å²) in [7, 11) is 0. The zero-order valence-corrected chi connectivity index (χ0v) is 70.1. The number of aliphatic hydroxyl groups is 8. The van der Waals surface area contributed by atoms with Gasteiger partial charge in [-0.25, -0.2) is 0 Å². The van der Waals surface area contributed by atoms with Crippen LogP contribution in [0.1, 0.15) is 438 Å². The maximum Gasteiger partial charge on any atom is 0.220 e. The van der Waals surface area contributed by atoms with E-state index in [-0.39, 0.29) is 18.9 Å². The molecule has 12 unspecified atom stereocenters. The largest absolute Gasteiger partial charge is 0.394 e. The minimum Gasteiger partial charge on any atom is -0.394 e. The molecule has 2 aliphatic rings. The Kier molecular flexibility index (Phi) is 72.8. The fourth-order valence-electron chi connectivity index (χ4n) is 15.4. The lowest BCUT2D eigenvalue weighted by Crippen LogP contribution is -2.65. The lowest BCUT2D eigenvalue weighted by atomic mass is 9.97. The molecule has 2 rings (SSSR count). The molecule has 0 aromatic rings. The predicted molar refractivity (Wildman–Crippen MR) is 452 cm³/mol. The Morgan fingerprint density at radius 3 is 0.972 bits per heavy atom. The van der Waals surface area contributed by atoms with E-state index in [9.17, 15) is 45.6 Å². The standard InChI is InChI=1S/C94H175NO13/c1-3-5-7-9-11-13-15-17-19-21-23-25-27-29-31-33-35-37-38-39-40-41-42-43-44-46-48-50-52-54-56-58-60-62-64-66-68-70-72-74-76-78-86(99)95-82(81-105-93-91(104)89(102)92(85(80-97)107-93)108-94-90(103)88(101)87(100)84(79-96)106-94)83(98)77-75-73-71-69-67-65-63-61-59-57-55-53-51-49-47-45-36-34-32-30-28-26-24-22-20-18-16-14-12-10-8-6-4-2/h15,17,21,23,27,29,67,69,75,77,82-85,87-94,96-98,100-104H,3-14,16,18-20,22,24-26,28,30-66,68,70-74,76,78-81H2,1-2H3,(H,95,99)/b17-15-,23-21-,29-27-,69-67+,77-75+. The van der Waals surface area contributed by atoms with Gasteiger partial charge in [0.05, 0.1) is 32.0 Å². The van der Waals surface area contributed by atoms with E-state index in [1.54, 1.807) is 6.08 Å². The molecule has 0 aliphatic carbocycles. The molecule has 2 heterocycles. The van der Waals surface area contributed by atoms with Gasteiger partial charge in [0.25, 0.3) is 0 Å². The molecule has 1 amide bonds. The van der Waals surface area contributed by atoms with Gasteiger partial charge in [-0.1, -0.05) is 421 Å². The van der Waals surface area contributed by atoms with E-state index in [0.29, 0.717) is 12.8 Å². The van der Waals surface area contributed by atoms with Gasteiger partial charge in [0, 0.05) is 6.42 Å². The molecular formula is C94H175NO13. The van der Waals surface area contributed by atoms with E-state index < -0.39 is 86.8 Å². The number of rotatable bonds is 80. The number of aliphatic hydroxyl groups excluding tert-OH is 8. The number of allylic oxidation sites excluding steroid dienone is 9. The Balaban J connectivity index is 1.55. The fraction of sp³-hybridized carbons (Fsp3) is 0.883. The summed E-state index contributed by atoms with van der Waals surface area (Å²) in [6, 6.07) is -0.934. The van der Waals surface area contributed by atoms with Crippen molar-refractivity contribution in [1.82, 2.24) is 5.32 Å². The molecule has 0 aromatic carbocycles. The van der Waals surface area contributed by atoms with E-state index in [4.69, 9.17) is 18.9 Å². The molecule has 0 radical (unpaired) electrons. The quantitative estimate of drug-likeness (QED) is 0.0204. The van der Waals surface area contributed by atoms with Gasteiger partial charge in [-0.05, 0) is 70.6 Å². The first kappa shape index (κ1) is 102. The summed E-state index contributed by atoms with van der Waals surface area (Å²) < 4.78 is 23.0. The van der Waals surface area contributed by atoms with Crippen molar-refractivity contribution in [3.8, 4) is 0 Å². The summed E-state index contributed by atoms with van der Waals surface area (Å²) in [5.41, 5.74) is 0. The van der Waals surface area contributed by atoms with Crippen LogP contribution < -0.4 is 5.32 Å². The second-order valence-corrected chi connectivity index (χ2v) is 32.8. The normalized spacial score (nSPS) is 21.4. The van der Waals surface area contributed by atoms with Crippen LogP contribution in [0, 0.1) is 0 Å². The van der Waals surface area contributed by atoms with E-state index in [1.807, 2.05) is 6.08 Å². The van der Waals surface area contributed by atoms with Crippen LogP contribution in [-0.4, -0.2) is 140 Å². The molecule has 0 bridgehead atoms. The summed E-state index contributed by atoms with van der Waals surface area (Å²) in [5.74, 6) is -0.240. The van der Waals surface area contributed by atoms with Crippen LogP contribution in [0.3, 0.4) is 0 Å². The Hall–Kier alpha value is -2.31. The van der Waals surface area contributed by atoms with Crippen molar-refractivity contribution >= 4 is 5.91 Å². The number of hydrogen-bond acceptors (Lipinski definition) is 13. The molecule has 2 aliphatic heterocycles. The summed E-state index contributed by atoms with van der Waals surface area (Å²) in [6.45, 7) is 2.84. The second kappa shape index (κ2) is 77.3. The molecule has 634 valence electrons. The Bertz CT molecular complexity index is 2050. The summed E-state index contributed by atoms with van der Waals surface area (Å²) in [4.78, 5) is 13.4. The maximum atomic E-state index is 13.4. The number of nitrogens with one attached hydrogen (secondary N) is 1. The van der Waals surface area contributed by atoms with Crippen LogP contribution >= 0.6 is 0 Å². The first-order valence-corrected chi connectivity index (χ1v) is 46.5. The smallest absolute Gasteiger partial charge is 0.220 e. The third-order valence-electron chi connectivity index (χ3n) is 22.7. The number of unbranched alkanes of at least 4 members (excludes halogenated alkanes) is 59. The number of carbonyl (C=O) groups is 1. The van der Waals surface area contributed by atoms with Crippen LogP contribution in [0.15, 0.2) is 60.8 Å². The fourth-order valence-corrected chi connectivity index (χ4v) is 15.4. The molecular weight excluding hydrogens is 1350 g/mol. The zero-order chi connectivity index (χ0) is 77.9. The first-order chi connectivity index (χ1) is 53.1. The lowest BCUT2D eigenvalue weighted by Gasteiger charge is -2.46. The molecule has 9 N–H and O–H groups in total. The zero-order valence-electron chi connectivity index (χ0n) is 70.1. The summed E-state index contributed by atoms with van der Waals surface area (Å²) >= 11 is 0. The monoisotopic (exact) mass is 1530 g/mol. The van der Waals surface area contributed by atoms with Gasteiger partial charge in [0.1, 0.15) is 48.8 Å². The van der Waals surface area contributed by atoms with Crippen molar-refractivity contribution < 1.29 is 64.6 Å². The summed E-state index contributed by atoms with van der Waals surface area (Å²) in [6.07, 6.45) is 90.7. The third-order valence-corrected chi connectivity index (χ3v) is 22.7. The minimum absolute atomic E-state index is 0.240. The number of ether oxygens (including phenoxy) is 4. The Labute approximate surface area is 664 Å². The van der Waals surface area contributed by atoms with Crippen LogP contribution in [0.4, 0.5) is 0 Å². The van der Waals surface area contributed by atoms with Gasteiger partial charge in [0.15, 0.2) is 12.6 Å². The molecule has 2 fully saturated rings. The molecule has 0 aromatic heterocycles. The van der Waals surface area contributed by atoms with Gasteiger partial charge in [-0.15, -0.1) is 0 Å². The van der Waals surface area contributed by atoms with Gasteiger partial charge in [-0.2, -0.15) is 0 Å². The average Bonchev–Trinajstić information content (AvgIpc) is 0.789. The molecule has 0 spiro atoms. The van der Waals surface area contributed by atoms with Gasteiger partial charge in [-0.3, -0.25) is 4.79 Å². The number of carbonyl (C=O) groups excluding carboxylic acids is 1. The van der Waals surface area contributed by atoms with E-state index in [1.165, 1.54) is 360 Å². The highest BCUT2D eigenvalue weighted by atomic mass is 16.7. The van der Waals surface area contributed by atoms with Crippen LogP contribution in [-0.2, 0) is 23.7 Å². The van der Waals surface area contributed by atoms with E-state index in [0.717, 1.165) is 44.9 Å². The number of amides is 1. The van der Waals surface area contributed by atoms with E-state index in [2.05, 4.69) is 67.8 Å². The van der Waals surface area contributed by atoms with Crippen molar-refractivity contribution in [1.29, 1.82) is 0 Å². The Morgan fingerprint density at radius 2 is 0.620 bits per heavy atom. The highest BCUT2D eigenvalue weighted by Gasteiger charge is 2.51. The van der Waals surface area contributed by atoms with Gasteiger partial charge in [0.2, 0.25) is 5.91 Å². The van der Waals surface area contributed by atoms with Gasteiger partial charge < -0.3 is 65.1 Å². The second-order valence-electron chi connectivity index (χ2n) is 32.8. The van der Waals surface area contributed by atoms with Crippen LogP contribution in [0.5, 0.6) is 0 Å². The molecule has 108 heavy (non-hydrogen) atoms. The molecule has 14 heteroatoms. The minimum atomic E-state index is -1.79. The van der Waals surface area contributed by atoms with Gasteiger partial charge >= 0.3 is 0 Å². The highest BCUT2D eigenvalue weighted by Crippen LogP contribution is 2.31. The maximum absolute atomic E-state index is 13.4. The van der Waals surface area contributed by atoms with Crippen LogP contribution in [0.25, 0.3) is 0 Å². The third kappa shape index (κ3) is 58.5. The lowest BCUT2D eigenvalue weighted by molar-refractivity contribution is -0.359. The van der Waals surface area contributed by atoms with E-state index >= 15 is 0 Å².